The van der Waals surface area contributed by atoms with E-state index in [4.69, 9.17) is 9.47 Å². The van der Waals surface area contributed by atoms with Gasteiger partial charge in [0.2, 0.25) is 0 Å². The molecule has 2 aromatic rings. The van der Waals surface area contributed by atoms with Crippen LogP contribution in [0.1, 0.15) is 5.56 Å². The third-order valence-electron chi connectivity index (χ3n) is 4.57. The van der Waals surface area contributed by atoms with Gasteiger partial charge in [0.25, 0.3) is 11.8 Å². The summed E-state index contributed by atoms with van der Waals surface area (Å²) in [5, 5.41) is 9.25. The molecule has 3 rings (SSSR count). The highest BCUT2D eigenvalue weighted by Gasteiger charge is 2.24. The smallest absolute Gasteiger partial charge is 0.260 e. The Balaban J connectivity index is 1.39. The molecule has 0 saturated carbocycles. The highest BCUT2D eigenvalue weighted by atomic mass is 16.5. The van der Waals surface area contributed by atoms with Crippen LogP contribution in [0.25, 0.3) is 0 Å². The van der Waals surface area contributed by atoms with Crippen molar-refractivity contribution in [3.05, 3.63) is 54.1 Å². The molecular weight excluding hydrogens is 360 g/mol. The van der Waals surface area contributed by atoms with Gasteiger partial charge in [-0.1, -0.05) is 17.7 Å². The van der Waals surface area contributed by atoms with E-state index >= 15 is 0 Å². The first-order chi connectivity index (χ1) is 13.5. The molecule has 0 spiro atoms. The van der Waals surface area contributed by atoms with Crippen molar-refractivity contribution >= 4 is 11.8 Å². The molecule has 1 fully saturated rings. The number of carbonyl (C=O) groups excluding carboxylic acids is 2. The first-order valence-electron chi connectivity index (χ1n) is 9.18. The predicted octanol–water partition coefficient (Wildman–Crippen LogP) is 1.83. The largest absolute Gasteiger partial charge is 0.508 e. The van der Waals surface area contributed by atoms with Gasteiger partial charge in [-0.15, -0.1) is 0 Å². The van der Waals surface area contributed by atoms with Crippen LogP contribution in [0.5, 0.6) is 17.2 Å². The van der Waals surface area contributed by atoms with E-state index in [9.17, 15) is 14.7 Å². The molecule has 0 unspecified atom stereocenters. The fourth-order valence-electron chi connectivity index (χ4n) is 2.85. The van der Waals surface area contributed by atoms with E-state index in [1.807, 2.05) is 31.2 Å². The molecular formula is C21H24N2O5. The van der Waals surface area contributed by atoms with Gasteiger partial charge in [0.1, 0.15) is 17.2 Å². The number of hydrogen-bond donors (Lipinski definition) is 1. The summed E-state index contributed by atoms with van der Waals surface area (Å²) in [6, 6.07) is 13.8. The number of nitrogens with zero attached hydrogens (tertiary/aromatic N) is 2. The van der Waals surface area contributed by atoms with Crippen LogP contribution >= 0.6 is 0 Å². The van der Waals surface area contributed by atoms with E-state index in [0.717, 1.165) is 5.56 Å². The summed E-state index contributed by atoms with van der Waals surface area (Å²) in [5.74, 6) is 1.11. The fourth-order valence-corrected chi connectivity index (χ4v) is 2.85. The zero-order valence-electron chi connectivity index (χ0n) is 15.8. The first kappa shape index (κ1) is 19.5. The molecule has 0 radical (unpaired) electrons. The molecule has 0 aromatic heterocycles. The second-order valence-electron chi connectivity index (χ2n) is 6.65. The lowest BCUT2D eigenvalue weighted by molar-refractivity contribution is -0.141. The van der Waals surface area contributed by atoms with Gasteiger partial charge in [0.15, 0.2) is 13.2 Å². The molecule has 1 heterocycles. The van der Waals surface area contributed by atoms with E-state index < -0.39 is 0 Å². The summed E-state index contributed by atoms with van der Waals surface area (Å²) in [6.45, 7) is 3.78. The Hall–Kier alpha value is -3.22. The molecule has 28 heavy (non-hydrogen) atoms. The van der Waals surface area contributed by atoms with Crippen molar-refractivity contribution in [2.24, 2.45) is 0 Å². The normalized spacial score (nSPS) is 13.9. The lowest BCUT2D eigenvalue weighted by Crippen LogP contribution is -2.52. The van der Waals surface area contributed by atoms with Gasteiger partial charge >= 0.3 is 0 Å². The van der Waals surface area contributed by atoms with Crippen molar-refractivity contribution in [1.29, 1.82) is 0 Å². The van der Waals surface area contributed by atoms with Crippen molar-refractivity contribution < 1.29 is 24.2 Å². The highest BCUT2D eigenvalue weighted by molar-refractivity contribution is 5.80. The van der Waals surface area contributed by atoms with Crippen LogP contribution in [0.15, 0.2) is 48.5 Å². The third-order valence-corrected chi connectivity index (χ3v) is 4.57. The summed E-state index contributed by atoms with van der Waals surface area (Å²) < 4.78 is 11.0. The molecule has 7 nitrogen and oxygen atoms in total. The maximum absolute atomic E-state index is 12.3. The second kappa shape index (κ2) is 9.12. The standard InChI is InChI=1S/C21H24N2O5/c1-16-2-6-18(7-3-16)27-14-20(25)22-10-12-23(13-11-22)21(26)15-28-19-8-4-17(24)5-9-19/h2-9,24H,10-15H2,1H3. The van der Waals surface area contributed by atoms with E-state index in [1.54, 1.807) is 21.9 Å². The van der Waals surface area contributed by atoms with Crippen LogP contribution in [0, 0.1) is 6.92 Å². The molecule has 2 aromatic carbocycles. The molecule has 1 aliphatic rings. The number of aryl methyl sites for hydroxylation is 1. The number of piperazine rings is 1. The zero-order chi connectivity index (χ0) is 19.9. The van der Waals surface area contributed by atoms with Gasteiger partial charge in [-0.3, -0.25) is 9.59 Å². The van der Waals surface area contributed by atoms with E-state index in [0.29, 0.717) is 37.7 Å². The van der Waals surface area contributed by atoms with Crippen LogP contribution in [0.4, 0.5) is 0 Å². The van der Waals surface area contributed by atoms with Crippen molar-refractivity contribution in [2.45, 2.75) is 6.92 Å². The maximum Gasteiger partial charge on any atom is 0.260 e. The number of hydrogen-bond acceptors (Lipinski definition) is 5. The van der Waals surface area contributed by atoms with Crippen molar-refractivity contribution in [3.63, 3.8) is 0 Å². The number of phenols is 1. The predicted molar refractivity (Wildman–Crippen MR) is 103 cm³/mol. The number of benzene rings is 2. The maximum atomic E-state index is 12.3. The summed E-state index contributed by atoms with van der Waals surface area (Å²) in [4.78, 5) is 28.0. The number of ether oxygens (including phenoxy) is 2. The second-order valence-corrected chi connectivity index (χ2v) is 6.65. The first-order valence-corrected chi connectivity index (χ1v) is 9.18. The molecule has 1 N–H and O–H groups in total. The van der Waals surface area contributed by atoms with Crippen molar-refractivity contribution in [1.82, 2.24) is 9.80 Å². The zero-order valence-corrected chi connectivity index (χ0v) is 15.8. The number of amides is 2. The Morgan fingerprint density at radius 1 is 0.786 bits per heavy atom. The minimum absolute atomic E-state index is 0.0129. The molecule has 148 valence electrons. The monoisotopic (exact) mass is 384 g/mol. The summed E-state index contributed by atoms with van der Waals surface area (Å²) >= 11 is 0. The molecule has 0 atom stereocenters. The SMILES string of the molecule is Cc1ccc(OCC(=O)N2CCN(C(=O)COc3ccc(O)cc3)CC2)cc1. The highest BCUT2D eigenvalue weighted by Crippen LogP contribution is 2.16. The van der Waals surface area contributed by atoms with Gasteiger partial charge in [-0.25, -0.2) is 0 Å². The van der Waals surface area contributed by atoms with Gasteiger partial charge in [0, 0.05) is 26.2 Å². The van der Waals surface area contributed by atoms with Gasteiger partial charge in [0.05, 0.1) is 0 Å². The number of aromatic hydroxyl groups is 1. The summed E-state index contributed by atoms with van der Waals surface area (Å²) in [5.41, 5.74) is 1.13. The quantitative estimate of drug-likeness (QED) is 0.822. The van der Waals surface area contributed by atoms with Crippen LogP contribution in [-0.4, -0.2) is 66.1 Å². The number of phenolic OH excluding ortho intramolecular Hbond substituents is 1. The molecule has 0 aliphatic carbocycles. The minimum Gasteiger partial charge on any atom is -0.508 e. The molecule has 1 saturated heterocycles. The topological polar surface area (TPSA) is 79.3 Å². The average molecular weight is 384 g/mol. The lowest BCUT2D eigenvalue weighted by Gasteiger charge is -2.34. The Kier molecular flexibility index (Phi) is 6.37. The van der Waals surface area contributed by atoms with Crippen molar-refractivity contribution in [2.75, 3.05) is 39.4 Å². The van der Waals surface area contributed by atoms with E-state index in [-0.39, 0.29) is 30.8 Å². The minimum atomic E-state index is -0.129. The van der Waals surface area contributed by atoms with Crippen molar-refractivity contribution in [3.8, 4) is 17.2 Å². The Bertz CT molecular complexity index is 727. The number of carbonyl (C=O) groups is 2. The molecule has 1 aliphatic heterocycles. The van der Waals surface area contributed by atoms with E-state index in [2.05, 4.69) is 0 Å². The van der Waals surface area contributed by atoms with Gasteiger partial charge in [-0.05, 0) is 43.3 Å². The van der Waals surface area contributed by atoms with Gasteiger partial charge < -0.3 is 24.4 Å². The molecule has 0 bridgehead atoms. The lowest BCUT2D eigenvalue weighted by atomic mass is 10.2. The Morgan fingerprint density at radius 3 is 1.61 bits per heavy atom. The van der Waals surface area contributed by atoms with Crippen LogP contribution < -0.4 is 9.47 Å². The molecule has 2 amide bonds. The average Bonchev–Trinajstić information content (AvgIpc) is 2.72. The Morgan fingerprint density at radius 2 is 1.18 bits per heavy atom. The van der Waals surface area contributed by atoms with Crippen LogP contribution in [0.3, 0.4) is 0 Å². The Labute approximate surface area is 164 Å². The molecule has 7 heteroatoms. The number of rotatable bonds is 6. The fraction of sp³-hybridized carbons (Fsp3) is 0.333. The van der Waals surface area contributed by atoms with Gasteiger partial charge in [-0.2, -0.15) is 0 Å². The van der Waals surface area contributed by atoms with Crippen LogP contribution in [-0.2, 0) is 9.59 Å². The van der Waals surface area contributed by atoms with Crippen LogP contribution in [0.2, 0.25) is 0 Å². The van der Waals surface area contributed by atoms with E-state index in [1.165, 1.54) is 12.1 Å². The summed E-state index contributed by atoms with van der Waals surface area (Å²) in [7, 11) is 0. The third kappa shape index (κ3) is 5.39. The summed E-state index contributed by atoms with van der Waals surface area (Å²) in [6.07, 6.45) is 0.